The molecule has 170 valence electrons. The Morgan fingerprint density at radius 2 is 1.74 bits per heavy atom. The second-order valence-corrected chi connectivity index (χ2v) is 8.06. The van der Waals surface area contributed by atoms with Gasteiger partial charge >= 0.3 is 6.03 Å². The highest BCUT2D eigenvalue weighted by Gasteiger charge is 2.51. The maximum atomic E-state index is 12.9. The largest absolute Gasteiger partial charge is 0.490 e. The van der Waals surface area contributed by atoms with Gasteiger partial charge in [-0.15, -0.1) is 0 Å². The highest BCUT2D eigenvalue weighted by atomic mass is 16.5. The van der Waals surface area contributed by atoms with E-state index >= 15 is 0 Å². The van der Waals surface area contributed by atoms with Gasteiger partial charge in [0.1, 0.15) is 12.1 Å². The van der Waals surface area contributed by atoms with Crippen LogP contribution in [0.3, 0.4) is 0 Å². The molecule has 1 saturated heterocycles. The van der Waals surface area contributed by atoms with Gasteiger partial charge in [0.2, 0.25) is 5.91 Å². The fourth-order valence-electron chi connectivity index (χ4n) is 4.29. The Kier molecular flexibility index (Phi) is 7.76. The molecule has 0 bridgehead atoms. The maximum Gasteiger partial charge on any atom is 0.325 e. The van der Waals surface area contributed by atoms with Gasteiger partial charge < -0.3 is 20.1 Å². The minimum absolute atomic E-state index is 0.250. The zero-order chi connectivity index (χ0) is 22.3. The van der Waals surface area contributed by atoms with Crippen molar-refractivity contribution in [2.75, 3.05) is 26.3 Å². The third-order valence-electron chi connectivity index (χ3n) is 5.85. The van der Waals surface area contributed by atoms with Crippen LogP contribution in [-0.2, 0) is 16.0 Å². The van der Waals surface area contributed by atoms with Gasteiger partial charge in [-0.1, -0.05) is 31.7 Å². The van der Waals surface area contributed by atoms with Gasteiger partial charge in [-0.3, -0.25) is 14.5 Å². The van der Waals surface area contributed by atoms with Crippen LogP contribution in [0.15, 0.2) is 18.2 Å². The van der Waals surface area contributed by atoms with Crippen molar-refractivity contribution in [3.63, 3.8) is 0 Å². The summed E-state index contributed by atoms with van der Waals surface area (Å²) in [5.41, 5.74) is 0.186. The molecule has 3 rings (SSSR count). The first-order chi connectivity index (χ1) is 15.0. The average Bonchev–Trinajstić information content (AvgIpc) is 2.91. The lowest BCUT2D eigenvalue weighted by Gasteiger charge is -2.24. The first-order valence-electron chi connectivity index (χ1n) is 11.3. The van der Waals surface area contributed by atoms with E-state index in [1.54, 1.807) is 0 Å². The van der Waals surface area contributed by atoms with E-state index in [4.69, 9.17) is 9.47 Å². The Hall–Kier alpha value is -2.77. The number of hydrogen-bond acceptors (Lipinski definition) is 5. The molecule has 8 nitrogen and oxygen atoms in total. The van der Waals surface area contributed by atoms with Crippen LogP contribution < -0.4 is 20.1 Å². The van der Waals surface area contributed by atoms with Crippen molar-refractivity contribution in [1.82, 2.24) is 15.5 Å². The fraction of sp³-hybridized carbons (Fsp3) is 0.609. The molecule has 2 aliphatic rings. The van der Waals surface area contributed by atoms with Gasteiger partial charge in [0.25, 0.3) is 5.91 Å². The molecule has 1 heterocycles. The number of imide groups is 1. The van der Waals surface area contributed by atoms with Crippen LogP contribution >= 0.6 is 0 Å². The Balaban J connectivity index is 1.52. The van der Waals surface area contributed by atoms with Crippen LogP contribution in [0, 0.1) is 0 Å². The van der Waals surface area contributed by atoms with Crippen LogP contribution in [-0.4, -0.2) is 54.6 Å². The summed E-state index contributed by atoms with van der Waals surface area (Å²) < 4.78 is 11.2. The molecule has 1 aromatic carbocycles. The Morgan fingerprint density at radius 1 is 1.06 bits per heavy atom. The third-order valence-corrected chi connectivity index (χ3v) is 5.85. The number of ether oxygens (including phenoxy) is 2. The molecule has 0 atom stereocenters. The predicted molar refractivity (Wildman–Crippen MR) is 116 cm³/mol. The van der Waals surface area contributed by atoms with Crippen molar-refractivity contribution < 1.29 is 23.9 Å². The van der Waals surface area contributed by atoms with E-state index in [0.29, 0.717) is 50.5 Å². The Labute approximate surface area is 183 Å². The molecule has 1 aliphatic carbocycles. The number of urea groups is 1. The van der Waals surface area contributed by atoms with E-state index in [2.05, 4.69) is 10.6 Å². The SMILES string of the molecule is CCOc1ccc(CCNC(=O)CN2C(=O)NC3(CCCCCC3)C2=O)cc1OCC. The summed E-state index contributed by atoms with van der Waals surface area (Å²) in [6.45, 7) is 5.07. The molecule has 0 unspecified atom stereocenters. The minimum atomic E-state index is -0.814. The van der Waals surface area contributed by atoms with Gasteiger partial charge in [-0.2, -0.15) is 0 Å². The first-order valence-corrected chi connectivity index (χ1v) is 11.3. The lowest BCUT2D eigenvalue weighted by atomic mass is 9.90. The van der Waals surface area contributed by atoms with Crippen molar-refractivity contribution >= 4 is 17.8 Å². The van der Waals surface area contributed by atoms with Crippen LogP contribution in [0.4, 0.5) is 4.79 Å². The number of carbonyl (C=O) groups is 3. The lowest BCUT2D eigenvalue weighted by Crippen LogP contribution is -2.47. The molecule has 1 spiro atoms. The second-order valence-electron chi connectivity index (χ2n) is 8.06. The zero-order valence-corrected chi connectivity index (χ0v) is 18.5. The predicted octanol–water partition coefficient (Wildman–Crippen LogP) is 2.79. The second kappa shape index (κ2) is 10.5. The molecular formula is C23H33N3O5. The molecule has 0 radical (unpaired) electrons. The molecule has 2 N–H and O–H groups in total. The zero-order valence-electron chi connectivity index (χ0n) is 18.5. The van der Waals surface area contributed by atoms with Crippen molar-refractivity contribution in [3.05, 3.63) is 23.8 Å². The maximum absolute atomic E-state index is 12.9. The molecule has 31 heavy (non-hydrogen) atoms. The molecule has 2 fully saturated rings. The topological polar surface area (TPSA) is 97.0 Å². The van der Waals surface area contributed by atoms with Crippen LogP contribution in [0.5, 0.6) is 11.5 Å². The van der Waals surface area contributed by atoms with Gasteiger partial charge in [0, 0.05) is 6.54 Å². The van der Waals surface area contributed by atoms with Crippen molar-refractivity contribution in [2.45, 2.75) is 64.3 Å². The summed E-state index contributed by atoms with van der Waals surface area (Å²) >= 11 is 0. The summed E-state index contributed by atoms with van der Waals surface area (Å²) in [4.78, 5) is 38.7. The average molecular weight is 432 g/mol. The van der Waals surface area contributed by atoms with Crippen LogP contribution in [0.25, 0.3) is 0 Å². The summed E-state index contributed by atoms with van der Waals surface area (Å²) in [7, 11) is 0. The molecule has 1 saturated carbocycles. The van der Waals surface area contributed by atoms with E-state index in [1.807, 2.05) is 32.0 Å². The number of nitrogens with one attached hydrogen (secondary N) is 2. The Bertz CT molecular complexity index is 802. The van der Waals surface area contributed by atoms with E-state index < -0.39 is 11.6 Å². The number of hydrogen-bond donors (Lipinski definition) is 2. The van der Waals surface area contributed by atoms with Crippen molar-refractivity contribution in [1.29, 1.82) is 0 Å². The lowest BCUT2D eigenvalue weighted by molar-refractivity contribution is -0.135. The molecule has 0 aromatic heterocycles. The monoisotopic (exact) mass is 431 g/mol. The third kappa shape index (κ3) is 5.48. The van der Waals surface area contributed by atoms with Crippen LogP contribution in [0.1, 0.15) is 57.9 Å². The highest BCUT2D eigenvalue weighted by molar-refractivity contribution is 6.09. The van der Waals surface area contributed by atoms with Crippen molar-refractivity contribution in [3.8, 4) is 11.5 Å². The minimum Gasteiger partial charge on any atom is -0.490 e. The standard InChI is InChI=1S/C23H33N3O5/c1-3-30-18-10-9-17(15-19(18)31-4-2)11-14-24-20(27)16-26-21(28)23(25-22(26)29)12-7-5-6-8-13-23/h9-10,15H,3-8,11-14,16H2,1-2H3,(H,24,27)(H,25,29). The molecule has 8 heteroatoms. The molecule has 4 amide bonds. The van der Waals surface area contributed by atoms with Gasteiger partial charge in [-0.05, 0) is 50.8 Å². The number of carbonyl (C=O) groups excluding carboxylic acids is 3. The van der Waals surface area contributed by atoms with E-state index in [-0.39, 0.29) is 18.4 Å². The van der Waals surface area contributed by atoms with Crippen LogP contribution in [0.2, 0.25) is 0 Å². The summed E-state index contributed by atoms with van der Waals surface area (Å²) in [5.74, 6) is 0.775. The number of nitrogens with zero attached hydrogens (tertiary/aromatic N) is 1. The Morgan fingerprint density at radius 3 is 2.42 bits per heavy atom. The van der Waals surface area contributed by atoms with Crippen molar-refractivity contribution in [2.24, 2.45) is 0 Å². The number of amides is 4. The smallest absolute Gasteiger partial charge is 0.325 e. The van der Waals surface area contributed by atoms with E-state index in [0.717, 1.165) is 36.1 Å². The van der Waals surface area contributed by atoms with E-state index in [1.165, 1.54) is 0 Å². The number of benzene rings is 1. The quantitative estimate of drug-likeness (QED) is 0.586. The van der Waals surface area contributed by atoms with Gasteiger partial charge in [-0.25, -0.2) is 4.79 Å². The van der Waals surface area contributed by atoms with Gasteiger partial charge in [0.15, 0.2) is 11.5 Å². The summed E-state index contributed by atoms with van der Waals surface area (Å²) in [6.07, 6.45) is 5.87. The first kappa shape index (κ1) is 22.9. The molecule has 1 aromatic rings. The highest BCUT2D eigenvalue weighted by Crippen LogP contribution is 2.32. The molecular weight excluding hydrogens is 398 g/mol. The summed E-state index contributed by atoms with van der Waals surface area (Å²) in [5, 5.41) is 5.67. The summed E-state index contributed by atoms with van der Waals surface area (Å²) in [6, 6.07) is 5.25. The van der Waals surface area contributed by atoms with E-state index in [9.17, 15) is 14.4 Å². The molecule has 1 aliphatic heterocycles. The normalized spacial score (nSPS) is 17.9. The van der Waals surface area contributed by atoms with Gasteiger partial charge in [0.05, 0.1) is 13.2 Å². The number of rotatable bonds is 9. The fourth-order valence-corrected chi connectivity index (χ4v) is 4.29.